The zero-order chi connectivity index (χ0) is 5.98. The summed E-state index contributed by atoms with van der Waals surface area (Å²) in [6.07, 6.45) is 3.60. The quantitative estimate of drug-likeness (QED) is 0.486. The monoisotopic (exact) mass is 255 g/mol. The molecule has 0 atom stereocenters. The van der Waals surface area contributed by atoms with E-state index in [4.69, 9.17) is 11.8 Å². The fraction of sp³-hybridized carbons (Fsp3) is 0.167. The molecule has 0 amide bonds. The molecule has 0 aliphatic heterocycles. The molecule has 0 N–H and O–H groups in total. The second-order valence-corrected chi connectivity index (χ2v) is 2.11. The number of aromatic nitrogens is 1. The molecule has 0 aliphatic carbocycles. The maximum atomic E-state index is 5.53. The van der Waals surface area contributed by atoms with Gasteiger partial charge in [0.05, 0.1) is 0 Å². The lowest BCUT2D eigenvalue weighted by atomic mass is 10.3. The van der Waals surface area contributed by atoms with E-state index < -0.39 is 0 Å². The molecular weight excluding hydrogens is 248 g/mol. The van der Waals surface area contributed by atoms with Crippen LogP contribution in [0.1, 0.15) is 5.56 Å². The summed E-state index contributed by atoms with van der Waals surface area (Å²) in [6.45, 7) is 2.02. The Labute approximate surface area is 76.8 Å². The summed E-state index contributed by atoms with van der Waals surface area (Å²) in [7, 11) is 0. The highest BCUT2D eigenvalue weighted by atomic mass is 127. The normalized spacial score (nSPS) is 8.22. The first kappa shape index (κ1) is 9.17. The van der Waals surface area contributed by atoms with Crippen LogP contribution in [-0.4, -0.2) is 0 Å². The van der Waals surface area contributed by atoms with Crippen LogP contribution >= 0.6 is 11.8 Å². The van der Waals surface area contributed by atoms with E-state index in [1.807, 2.05) is 19.1 Å². The second kappa shape index (κ2) is 4.06. The Kier molecular flexibility index (Phi) is 4.14. The van der Waals surface area contributed by atoms with Crippen molar-refractivity contribution in [1.82, 2.24) is 0 Å². The van der Waals surface area contributed by atoms with Gasteiger partial charge in [0.2, 0.25) is 0 Å². The van der Waals surface area contributed by atoms with E-state index in [1.165, 1.54) is 9.65 Å². The Morgan fingerprint density at radius 1 is 1.33 bits per heavy atom. The molecule has 0 aromatic carbocycles. The van der Waals surface area contributed by atoms with Crippen molar-refractivity contribution in [2.45, 2.75) is 6.92 Å². The number of aryl methyl sites for hydroxylation is 1. The van der Waals surface area contributed by atoms with Crippen LogP contribution in [0.25, 0.3) is 0 Å². The summed E-state index contributed by atoms with van der Waals surface area (Å²) in [5.41, 5.74) is 1.22. The number of halogens is 2. The summed E-state index contributed by atoms with van der Waals surface area (Å²) in [6, 6.07) is 3.90. The fourth-order valence-electron chi connectivity index (χ4n) is 0.483. The highest BCUT2D eigenvalue weighted by molar-refractivity contribution is 6.04. The molecule has 9 heavy (non-hydrogen) atoms. The third-order valence-corrected chi connectivity index (χ3v) is 1.19. The fourth-order valence-corrected chi connectivity index (χ4v) is 0.595. The molecule has 0 spiro atoms. The van der Waals surface area contributed by atoms with Gasteiger partial charge in [-0.05, 0) is 12.5 Å². The Balaban J connectivity index is 0.000000640. The largest absolute Gasteiger partial charge is 1.00 e. The standard InChI is InChI=1S/C6H7ClN.HI/c1-6-2-4-8(7)5-3-6;/h2-5H,1H3;1H/q+1;/p-1. The highest BCUT2D eigenvalue weighted by Crippen LogP contribution is 1.89. The third kappa shape index (κ3) is 3.01. The van der Waals surface area contributed by atoms with Gasteiger partial charge in [-0.2, -0.15) is 0 Å². The van der Waals surface area contributed by atoms with Crippen LogP contribution < -0.4 is 28.1 Å². The Morgan fingerprint density at radius 2 is 1.78 bits per heavy atom. The summed E-state index contributed by atoms with van der Waals surface area (Å²) in [4.78, 5) is 0. The number of hydrogen-bond acceptors (Lipinski definition) is 0. The van der Waals surface area contributed by atoms with Crippen molar-refractivity contribution in [2.75, 3.05) is 0 Å². The summed E-state index contributed by atoms with van der Waals surface area (Å²) in [5.74, 6) is 0. The van der Waals surface area contributed by atoms with Gasteiger partial charge in [0.25, 0.3) is 11.8 Å². The van der Waals surface area contributed by atoms with Crippen LogP contribution in [0.4, 0.5) is 0 Å². The van der Waals surface area contributed by atoms with Crippen molar-refractivity contribution in [2.24, 2.45) is 0 Å². The van der Waals surface area contributed by atoms with E-state index in [9.17, 15) is 0 Å². The molecule has 0 saturated heterocycles. The molecule has 3 heteroatoms. The van der Waals surface area contributed by atoms with Gasteiger partial charge in [-0.1, -0.05) is 4.09 Å². The van der Waals surface area contributed by atoms with Crippen LogP contribution in [0, 0.1) is 6.92 Å². The lowest BCUT2D eigenvalue weighted by Gasteiger charge is -1.81. The molecular formula is C6H7ClIN. The number of hydrogen-bond donors (Lipinski definition) is 0. The maximum absolute atomic E-state index is 5.53. The molecule has 1 aromatic heterocycles. The average Bonchev–Trinajstić information content (AvgIpc) is 1.77. The van der Waals surface area contributed by atoms with Crippen molar-refractivity contribution < 1.29 is 28.1 Å². The first-order valence-electron chi connectivity index (χ1n) is 2.43. The Hall–Kier alpha value is 0.170. The maximum Gasteiger partial charge on any atom is 0.267 e. The van der Waals surface area contributed by atoms with Gasteiger partial charge < -0.3 is 24.0 Å². The number of rotatable bonds is 0. The van der Waals surface area contributed by atoms with Crippen molar-refractivity contribution in [3.05, 3.63) is 30.1 Å². The van der Waals surface area contributed by atoms with Gasteiger partial charge in [0.15, 0.2) is 12.4 Å². The van der Waals surface area contributed by atoms with E-state index in [0.29, 0.717) is 0 Å². The Morgan fingerprint density at radius 3 is 2.11 bits per heavy atom. The van der Waals surface area contributed by atoms with Gasteiger partial charge in [0, 0.05) is 12.1 Å². The van der Waals surface area contributed by atoms with Crippen LogP contribution in [0.5, 0.6) is 0 Å². The minimum absolute atomic E-state index is 0. The van der Waals surface area contributed by atoms with Crippen molar-refractivity contribution in [1.29, 1.82) is 0 Å². The van der Waals surface area contributed by atoms with Crippen LogP contribution in [0.15, 0.2) is 24.5 Å². The van der Waals surface area contributed by atoms with Crippen molar-refractivity contribution in [3.8, 4) is 0 Å². The molecule has 0 bridgehead atoms. The molecule has 0 radical (unpaired) electrons. The second-order valence-electron chi connectivity index (χ2n) is 1.72. The van der Waals surface area contributed by atoms with E-state index in [2.05, 4.69) is 0 Å². The van der Waals surface area contributed by atoms with Crippen molar-refractivity contribution in [3.63, 3.8) is 0 Å². The molecule has 0 aliphatic rings. The minimum Gasteiger partial charge on any atom is -1.00 e. The number of nitrogens with zero attached hydrogens (tertiary/aromatic N) is 1. The minimum atomic E-state index is 0. The summed E-state index contributed by atoms with van der Waals surface area (Å²) >= 11 is 5.53. The SMILES string of the molecule is Cc1cc[n+](Cl)cc1.[I-]. The van der Waals surface area contributed by atoms with E-state index >= 15 is 0 Å². The van der Waals surface area contributed by atoms with E-state index in [0.717, 1.165) is 0 Å². The summed E-state index contributed by atoms with van der Waals surface area (Å²) < 4.78 is 1.49. The van der Waals surface area contributed by atoms with Gasteiger partial charge in [0.1, 0.15) is 0 Å². The van der Waals surface area contributed by atoms with Crippen LogP contribution in [-0.2, 0) is 0 Å². The molecule has 1 aromatic rings. The number of pyridine rings is 1. The smallest absolute Gasteiger partial charge is 0.267 e. The molecule has 1 nitrogen and oxygen atoms in total. The van der Waals surface area contributed by atoms with Gasteiger partial charge >= 0.3 is 0 Å². The first-order valence-corrected chi connectivity index (χ1v) is 2.77. The zero-order valence-electron chi connectivity index (χ0n) is 5.01. The lowest BCUT2D eigenvalue weighted by Crippen LogP contribution is -3.00. The summed E-state index contributed by atoms with van der Waals surface area (Å²) in [5, 5.41) is 0. The van der Waals surface area contributed by atoms with Crippen LogP contribution in [0.3, 0.4) is 0 Å². The molecule has 0 unspecified atom stereocenters. The average molecular weight is 255 g/mol. The van der Waals surface area contributed by atoms with Crippen molar-refractivity contribution >= 4 is 11.8 Å². The predicted molar refractivity (Wildman–Crippen MR) is 32.6 cm³/mol. The molecule has 1 heterocycles. The Bertz CT molecular complexity index is 152. The lowest BCUT2D eigenvalue weighted by molar-refractivity contribution is -0.519. The topological polar surface area (TPSA) is 3.88 Å². The zero-order valence-corrected chi connectivity index (χ0v) is 7.93. The van der Waals surface area contributed by atoms with Gasteiger partial charge in [-0.15, -0.1) is 0 Å². The molecule has 0 saturated carbocycles. The van der Waals surface area contributed by atoms with Gasteiger partial charge in [-0.3, -0.25) is 0 Å². The third-order valence-electron chi connectivity index (χ3n) is 0.960. The van der Waals surface area contributed by atoms with E-state index in [-0.39, 0.29) is 24.0 Å². The first-order chi connectivity index (χ1) is 3.79. The molecule has 0 fully saturated rings. The highest BCUT2D eigenvalue weighted by Gasteiger charge is 1.89. The van der Waals surface area contributed by atoms with Crippen LogP contribution in [0.2, 0.25) is 0 Å². The van der Waals surface area contributed by atoms with E-state index in [1.54, 1.807) is 12.4 Å². The predicted octanol–water partition coefficient (Wildman–Crippen LogP) is -1.71. The molecule has 1 rings (SSSR count). The molecule has 50 valence electrons. The van der Waals surface area contributed by atoms with Gasteiger partial charge in [-0.25, -0.2) is 0 Å².